The molecule has 100 valence electrons. The van der Waals surface area contributed by atoms with Gasteiger partial charge in [0.25, 0.3) is 0 Å². The second-order valence-corrected chi connectivity index (χ2v) is 5.44. The average Bonchev–Trinajstić information content (AvgIpc) is 2.39. The summed E-state index contributed by atoms with van der Waals surface area (Å²) < 4.78 is 14.0. The van der Waals surface area contributed by atoms with Crippen molar-refractivity contribution in [3.8, 4) is 0 Å². The van der Waals surface area contributed by atoms with Crippen molar-refractivity contribution in [1.82, 2.24) is 5.32 Å². The highest BCUT2D eigenvalue weighted by Gasteiger charge is 2.34. The summed E-state index contributed by atoms with van der Waals surface area (Å²) in [6.07, 6.45) is 2.08. The normalized spacial score (nSPS) is 28.4. The van der Waals surface area contributed by atoms with E-state index in [1.54, 1.807) is 12.1 Å². The van der Waals surface area contributed by atoms with Gasteiger partial charge in [-0.15, -0.1) is 0 Å². The van der Waals surface area contributed by atoms with Gasteiger partial charge in [0, 0.05) is 24.7 Å². The zero-order valence-corrected chi connectivity index (χ0v) is 11.5. The molecule has 1 aromatic rings. The molecule has 1 saturated heterocycles. The van der Waals surface area contributed by atoms with Crippen LogP contribution in [0.1, 0.15) is 33.6 Å². The third-order valence-electron chi connectivity index (χ3n) is 4.14. The van der Waals surface area contributed by atoms with Gasteiger partial charge in [-0.05, 0) is 31.9 Å². The molecule has 1 heterocycles. The minimum atomic E-state index is -0.115. The van der Waals surface area contributed by atoms with Crippen molar-refractivity contribution in [1.29, 1.82) is 0 Å². The third-order valence-corrected chi connectivity index (χ3v) is 4.14. The molecule has 0 radical (unpaired) electrons. The highest BCUT2D eigenvalue weighted by atomic mass is 19.1. The Bertz CT molecular complexity index is 407. The summed E-state index contributed by atoms with van der Waals surface area (Å²) >= 11 is 0. The van der Waals surface area contributed by atoms with Crippen LogP contribution in [0, 0.1) is 5.82 Å². The summed E-state index contributed by atoms with van der Waals surface area (Å²) in [7, 11) is 0. The average molecular weight is 250 g/mol. The van der Waals surface area contributed by atoms with Crippen molar-refractivity contribution >= 4 is 5.69 Å². The summed E-state index contributed by atoms with van der Waals surface area (Å²) in [4.78, 5) is 2.23. The second-order valence-electron chi connectivity index (χ2n) is 5.44. The van der Waals surface area contributed by atoms with E-state index < -0.39 is 0 Å². The lowest BCUT2D eigenvalue weighted by Crippen LogP contribution is -2.63. The molecular weight excluding hydrogens is 227 g/mol. The van der Waals surface area contributed by atoms with Gasteiger partial charge in [0.1, 0.15) is 5.82 Å². The molecule has 0 aromatic heterocycles. The molecule has 1 aliphatic rings. The van der Waals surface area contributed by atoms with Crippen LogP contribution in [0.4, 0.5) is 10.1 Å². The predicted octanol–water partition coefficient (Wildman–Crippen LogP) is 3.18. The Morgan fingerprint density at radius 2 is 2.11 bits per heavy atom. The number of hydrogen-bond acceptors (Lipinski definition) is 2. The van der Waals surface area contributed by atoms with Crippen LogP contribution in [0.2, 0.25) is 0 Å². The lowest BCUT2D eigenvalue weighted by molar-refractivity contribution is 0.274. The van der Waals surface area contributed by atoms with Crippen LogP contribution in [0.5, 0.6) is 0 Å². The molecule has 0 amide bonds. The summed E-state index contributed by atoms with van der Waals surface area (Å²) in [5, 5.41) is 3.60. The molecule has 2 nitrogen and oxygen atoms in total. The van der Waals surface area contributed by atoms with Gasteiger partial charge in [-0.1, -0.05) is 26.0 Å². The zero-order valence-electron chi connectivity index (χ0n) is 11.5. The van der Waals surface area contributed by atoms with Crippen molar-refractivity contribution in [2.24, 2.45) is 0 Å². The SMILES string of the molecule is CCC1CNC(C)(CC)CN1c1ccccc1F. The maximum Gasteiger partial charge on any atom is 0.146 e. The van der Waals surface area contributed by atoms with E-state index in [0.717, 1.165) is 31.6 Å². The van der Waals surface area contributed by atoms with Crippen LogP contribution in [0.25, 0.3) is 0 Å². The van der Waals surface area contributed by atoms with E-state index in [-0.39, 0.29) is 11.4 Å². The Kier molecular flexibility index (Phi) is 3.91. The van der Waals surface area contributed by atoms with Gasteiger partial charge in [-0.3, -0.25) is 0 Å². The fraction of sp³-hybridized carbons (Fsp3) is 0.600. The highest BCUT2D eigenvalue weighted by molar-refractivity contribution is 5.50. The molecule has 3 heteroatoms. The summed E-state index contributed by atoms with van der Waals surface area (Å²) in [6, 6.07) is 7.48. The Morgan fingerprint density at radius 1 is 1.39 bits per heavy atom. The highest BCUT2D eigenvalue weighted by Crippen LogP contribution is 2.28. The van der Waals surface area contributed by atoms with Gasteiger partial charge in [-0.25, -0.2) is 4.39 Å². The number of para-hydroxylation sites is 1. The molecule has 1 aliphatic heterocycles. The second kappa shape index (κ2) is 5.27. The van der Waals surface area contributed by atoms with Gasteiger partial charge in [-0.2, -0.15) is 0 Å². The van der Waals surface area contributed by atoms with E-state index in [4.69, 9.17) is 0 Å². The molecule has 2 atom stereocenters. The number of rotatable bonds is 3. The standard InChI is InChI=1S/C15H23FN2/c1-4-12-10-17-15(3,5-2)11-18(12)14-9-7-6-8-13(14)16/h6-9,12,17H,4-5,10-11H2,1-3H3. The topological polar surface area (TPSA) is 15.3 Å². The van der Waals surface area contributed by atoms with Gasteiger partial charge in [0.05, 0.1) is 5.69 Å². The van der Waals surface area contributed by atoms with Crippen LogP contribution in [-0.2, 0) is 0 Å². The molecular formula is C15H23FN2. The fourth-order valence-corrected chi connectivity index (χ4v) is 2.60. The number of hydrogen-bond donors (Lipinski definition) is 1. The minimum Gasteiger partial charge on any atom is -0.363 e. The molecule has 0 bridgehead atoms. The number of anilines is 1. The molecule has 1 N–H and O–H groups in total. The van der Waals surface area contributed by atoms with E-state index >= 15 is 0 Å². The van der Waals surface area contributed by atoms with Gasteiger partial charge in [0.15, 0.2) is 0 Å². The molecule has 18 heavy (non-hydrogen) atoms. The Hall–Kier alpha value is -1.09. The first-order valence-corrected chi connectivity index (χ1v) is 6.86. The monoisotopic (exact) mass is 250 g/mol. The van der Waals surface area contributed by atoms with Crippen LogP contribution < -0.4 is 10.2 Å². The molecule has 2 rings (SSSR count). The van der Waals surface area contributed by atoms with E-state index in [2.05, 4.69) is 31.0 Å². The lowest BCUT2D eigenvalue weighted by atomic mass is 9.92. The summed E-state index contributed by atoms with van der Waals surface area (Å²) in [6.45, 7) is 8.35. The molecule has 1 aromatic carbocycles. The van der Waals surface area contributed by atoms with Crippen molar-refractivity contribution < 1.29 is 4.39 Å². The largest absolute Gasteiger partial charge is 0.363 e. The van der Waals surface area contributed by atoms with Crippen molar-refractivity contribution in [2.45, 2.75) is 45.2 Å². The molecule has 0 aliphatic carbocycles. The summed E-state index contributed by atoms with van der Waals surface area (Å²) in [5.41, 5.74) is 0.819. The fourth-order valence-electron chi connectivity index (χ4n) is 2.60. The third kappa shape index (κ3) is 2.51. The predicted molar refractivity (Wildman–Crippen MR) is 74.5 cm³/mol. The van der Waals surface area contributed by atoms with Gasteiger partial charge in [0.2, 0.25) is 0 Å². The van der Waals surface area contributed by atoms with Crippen molar-refractivity contribution in [3.63, 3.8) is 0 Å². The number of halogens is 1. The lowest BCUT2D eigenvalue weighted by Gasteiger charge is -2.47. The smallest absolute Gasteiger partial charge is 0.146 e. The quantitative estimate of drug-likeness (QED) is 0.886. The van der Waals surface area contributed by atoms with Gasteiger partial charge < -0.3 is 10.2 Å². The Balaban J connectivity index is 2.29. The molecule has 0 saturated carbocycles. The van der Waals surface area contributed by atoms with Crippen molar-refractivity contribution in [2.75, 3.05) is 18.0 Å². The maximum absolute atomic E-state index is 14.0. The minimum absolute atomic E-state index is 0.0773. The van der Waals surface area contributed by atoms with Crippen LogP contribution >= 0.6 is 0 Å². The molecule has 2 unspecified atom stereocenters. The Morgan fingerprint density at radius 3 is 2.72 bits per heavy atom. The molecule has 0 spiro atoms. The van der Waals surface area contributed by atoms with Crippen LogP contribution in [0.3, 0.4) is 0 Å². The van der Waals surface area contributed by atoms with E-state index in [1.807, 2.05) is 12.1 Å². The zero-order chi connectivity index (χ0) is 13.2. The first-order chi connectivity index (χ1) is 8.59. The Labute approximate surface area is 109 Å². The van der Waals surface area contributed by atoms with Crippen LogP contribution in [-0.4, -0.2) is 24.7 Å². The number of benzene rings is 1. The number of nitrogens with zero attached hydrogens (tertiary/aromatic N) is 1. The van der Waals surface area contributed by atoms with E-state index in [9.17, 15) is 4.39 Å². The maximum atomic E-state index is 14.0. The summed E-state index contributed by atoms with van der Waals surface area (Å²) in [5.74, 6) is -0.115. The first kappa shape index (κ1) is 13.3. The first-order valence-electron chi connectivity index (χ1n) is 6.86. The van der Waals surface area contributed by atoms with Crippen LogP contribution in [0.15, 0.2) is 24.3 Å². The number of piperazine rings is 1. The van der Waals surface area contributed by atoms with E-state index in [1.165, 1.54) is 0 Å². The number of nitrogens with one attached hydrogen (secondary N) is 1. The van der Waals surface area contributed by atoms with Crippen molar-refractivity contribution in [3.05, 3.63) is 30.1 Å². The van der Waals surface area contributed by atoms with E-state index in [0.29, 0.717) is 6.04 Å². The molecule has 1 fully saturated rings. The van der Waals surface area contributed by atoms with Gasteiger partial charge >= 0.3 is 0 Å².